The molecule has 0 atom stereocenters. The second-order valence-electron chi connectivity index (χ2n) is 3.02. The minimum atomic E-state index is -0.490. The first-order chi connectivity index (χ1) is 7.24. The average molecular weight is 203 g/mol. The van der Waals surface area contributed by atoms with Gasteiger partial charge < -0.3 is 10.6 Å². The topological polar surface area (TPSA) is 71.1 Å². The SMILES string of the molecule is CNc1c(Nc2ccncc2)c(=O)c1=O. The predicted octanol–water partition coefficient (Wildman–Crippen LogP) is 0.463. The zero-order valence-electron chi connectivity index (χ0n) is 8.07. The Labute approximate surface area is 85.5 Å². The molecule has 0 aliphatic rings. The van der Waals surface area contributed by atoms with Crippen LogP contribution in [-0.4, -0.2) is 12.0 Å². The molecule has 0 saturated carbocycles. The van der Waals surface area contributed by atoms with Crippen molar-refractivity contribution in [2.75, 3.05) is 17.7 Å². The van der Waals surface area contributed by atoms with Crippen LogP contribution >= 0.6 is 0 Å². The van der Waals surface area contributed by atoms with Crippen LogP contribution in [0.3, 0.4) is 0 Å². The summed E-state index contributed by atoms with van der Waals surface area (Å²) in [4.78, 5) is 26.1. The highest BCUT2D eigenvalue weighted by Crippen LogP contribution is 2.18. The number of rotatable bonds is 3. The van der Waals surface area contributed by atoms with Crippen LogP contribution in [-0.2, 0) is 0 Å². The summed E-state index contributed by atoms with van der Waals surface area (Å²) in [6.45, 7) is 0. The molecular weight excluding hydrogens is 194 g/mol. The molecule has 76 valence electrons. The highest BCUT2D eigenvalue weighted by molar-refractivity contribution is 5.78. The monoisotopic (exact) mass is 203 g/mol. The van der Waals surface area contributed by atoms with Crippen molar-refractivity contribution in [2.24, 2.45) is 0 Å². The van der Waals surface area contributed by atoms with Crippen LogP contribution in [0.2, 0.25) is 0 Å². The van der Waals surface area contributed by atoms with Crippen molar-refractivity contribution in [3.05, 3.63) is 45.0 Å². The lowest BCUT2D eigenvalue weighted by molar-refractivity contribution is 1.30. The van der Waals surface area contributed by atoms with Crippen molar-refractivity contribution in [1.29, 1.82) is 0 Å². The van der Waals surface area contributed by atoms with Gasteiger partial charge in [0.05, 0.1) is 0 Å². The summed E-state index contributed by atoms with van der Waals surface area (Å²) in [6.07, 6.45) is 3.21. The lowest BCUT2D eigenvalue weighted by Crippen LogP contribution is -2.35. The molecule has 0 fully saturated rings. The van der Waals surface area contributed by atoms with Gasteiger partial charge in [-0.3, -0.25) is 14.6 Å². The second-order valence-corrected chi connectivity index (χ2v) is 3.02. The molecule has 2 rings (SSSR count). The summed E-state index contributed by atoms with van der Waals surface area (Å²) in [5, 5.41) is 5.55. The van der Waals surface area contributed by atoms with Gasteiger partial charge in [0.15, 0.2) is 0 Å². The summed E-state index contributed by atoms with van der Waals surface area (Å²) < 4.78 is 0. The van der Waals surface area contributed by atoms with Crippen LogP contribution < -0.4 is 21.5 Å². The van der Waals surface area contributed by atoms with E-state index in [1.807, 2.05) is 0 Å². The number of nitrogens with zero attached hydrogens (tertiary/aromatic N) is 1. The van der Waals surface area contributed by atoms with Crippen molar-refractivity contribution >= 4 is 17.1 Å². The van der Waals surface area contributed by atoms with Gasteiger partial charge in [-0.25, -0.2) is 0 Å². The van der Waals surface area contributed by atoms with Gasteiger partial charge in [0, 0.05) is 25.1 Å². The Morgan fingerprint density at radius 1 is 1.07 bits per heavy atom. The molecule has 0 spiro atoms. The van der Waals surface area contributed by atoms with E-state index in [0.717, 1.165) is 5.69 Å². The van der Waals surface area contributed by atoms with Gasteiger partial charge in [-0.1, -0.05) is 0 Å². The number of nitrogens with one attached hydrogen (secondary N) is 2. The molecule has 15 heavy (non-hydrogen) atoms. The fourth-order valence-corrected chi connectivity index (χ4v) is 1.33. The number of anilines is 3. The Balaban J connectivity index is 2.30. The van der Waals surface area contributed by atoms with Gasteiger partial charge in [0.1, 0.15) is 11.4 Å². The maximum atomic E-state index is 11.2. The molecule has 1 heterocycles. The Morgan fingerprint density at radius 2 is 1.67 bits per heavy atom. The summed E-state index contributed by atoms with van der Waals surface area (Å²) in [7, 11) is 1.61. The molecule has 2 N–H and O–H groups in total. The molecule has 0 saturated heterocycles. The average Bonchev–Trinajstić information content (AvgIpc) is 2.29. The molecule has 0 aliphatic heterocycles. The van der Waals surface area contributed by atoms with Crippen molar-refractivity contribution in [3.8, 4) is 0 Å². The summed E-state index contributed by atoms with van der Waals surface area (Å²) in [5.41, 5.74) is 0.407. The molecule has 0 amide bonds. The van der Waals surface area contributed by atoms with Gasteiger partial charge in [0.25, 0.3) is 10.9 Å². The highest BCUT2D eigenvalue weighted by Gasteiger charge is 2.19. The number of hydrogen-bond acceptors (Lipinski definition) is 5. The van der Waals surface area contributed by atoms with E-state index in [0.29, 0.717) is 11.4 Å². The molecule has 2 aromatic rings. The smallest absolute Gasteiger partial charge is 0.253 e. The van der Waals surface area contributed by atoms with E-state index < -0.39 is 10.9 Å². The zero-order chi connectivity index (χ0) is 10.8. The van der Waals surface area contributed by atoms with Crippen molar-refractivity contribution in [2.45, 2.75) is 0 Å². The molecule has 1 aromatic heterocycles. The quantitative estimate of drug-likeness (QED) is 0.709. The van der Waals surface area contributed by atoms with Crippen LogP contribution in [0, 0.1) is 0 Å². The highest BCUT2D eigenvalue weighted by atomic mass is 16.2. The van der Waals surface area contributed by atoms with Crippen molar-refractivity contribution in [1.82, 2.24) is 4.98 Å². The fourth-order valence-electron chi connectivity index (χ4n) is 1.33. The lowest BCUT2D eigenvalue weighted by Gasteiger charge is -2.11. The standard InChI is InChI=1S/C10H9N3O2/c1-11-7-8(10(15)9(7)14)13-6-2-4-12-5-3-6/h2-5,11H,1H3,(H,12,13). The largest absolute Gasteiger partial charge is 0.383 e. The third kappa shape index (κ3) is 1.48. The van der Waals surface area contributed by atoms with E-state index in [4.69, 9.17) is 0 Å². The Kier molecular flexibility index (Phi) is 2.21. The van der Waals surface area contributed by atoms with Gasteiger partial charge >= 0.3 is 0 Å². The maximum Gasteiger partial charge on any atom is 0.253 e. The number of aromatic nitrogens is 1. The van der Waals surface area contributed by atoms with E-state index in [2.05, 4.69) is 15.6 Å². The van der Waals surface area contributed by atoms with Crippen LogP contribution in [0.15, 0.2) is 34.1 Å². The van der Waals surface area contributed by atoms with E-state index in [9.17, 15) is 9.59 Å². The first kappa shape index (κ1) is 9.39. The van der Waals surface area contributed by atoms with Crippen LogP contribution in [0.4, 0.5) is 17.1 Å². The lowest BCUT2D eigenvalue weighted by atomic mass is 10.2. The second kappa shape index (κ2) is 3.53. The molecule has 0 aliphatic carbocycles. The van der Waals surface area contributed by atoms with E-state index >= 15 is 0 Å². The van der Waals surface area contributed by atoms with Gasteiger partial charge in [-0.15, -0.1) is 0 Å². The molecule has 0 unspecified atom stereocenters. The van der Waals surface area contributed by atoms with Crippen molar-refractivity contribution in [3.63, 3.8) is 0 Å². The fraction of sp³-hybridized carbons (Fsp3) is 0.100. The van der Waals surface area contributed by atoms with Gasteiger partial charge in [-0.2, -0.15) is 0 Å². The van der Waals surface area contributed by atoms with Crippen LogP contribution in [0.5, 0.6) is 0 Å². The number of pyridine rings is 1. The molecule has 0 radical (unpaired) electrons. The minimum Gasteiger partial charge on any atom is -0.383 e. The van der Waals surface area contributed by atoms with E-state index in [-0.39, 0.29) is 0 Å². The third-order valence-electron chi connectivity index (χ3n) is 2.11. The Hall–Kier alpha value is -2.17. The normalized spacial score (nSPS) is 10.2. The minimum absolute atomic E-state index is 0.314. The first-order valence-electron chi connectivity index (χ1n) is 4.42. The van der Waals surface area contributed by atoms with Gasteiger partial charge in [0.2, 0.25) is 0 Å². The molecule has 0 bridgehead atoms. The zero-order valence-corrected chi connectivity index (χ0v) is 8.07. The summed E-state index contributed by atoms with van der Waals surface area (Å²) in [6, 6.07) is 3.44. The third-order valence-corrected chi connectivity index (χ3v) is 2.11. The molecule has 5 heteroatoms. The molecule has 1 aromatic carbocycles. The first-order valence-corrected chi connectivity index (χ1v) is 4.42. The Bertz CT molecular complexity index is 541. The molecular formula is C10H9N3O2. The van der Waals surface area contributed by atoms with E-state index in [1.54, 1.807) is 31.6 Å². The van der Waals surface area contributed by atoms with Crippen LogP contribution in [0.1, 0.15) is 0 Å². The summed E-state index contributed by atoms with van der Waals surface area (Å²) in [5.74, 6) is 0. The maximum absolute atomic E-state index is 11.2. The van der Waals surface area contributed by atoms with E-state index in [1.165, 1.54) is 0 Å². The van der Waals surface area contributed by atoms with Gasteiger partial charge in [-0.05, 0) is 12.1 Å². The molecule has 5 nitrogen and oxygen atoms in total. The number of hydrogen-bond donors (Lipinski definition) is 2. The predicted molar refractivity (Wildman–Crippen MR) is 58.4 cm³/mol. The van der Waals surface area contributed by atoms with Crippen molar-refractivity contribution < 1.29 is 0 Å². The Morgan fingerprint density at radius 3 is 2.27 bits per heavy atom. The van der Waals surface area contributed by atoms with Crippen LogP contribution in [0.25, 0.3) is 0 Å². The summed E-state index contributed by atoms with van der Waals surface area (Å²) >= 11 is 0.